The van der Waals surface area contributed by atoms with Crippen LogP contribution in [0.3, 0.4) is 0 Å². The molecule has 2 heterocycles. The third kappa shape index (κ3) is 1.94. The highest BCUT2D eigenvalue weighted by Crippen LogP contribution is 2.31. The van der Waals surface area contributed by atoms with Crippen molar-refractivity contribution in [3.05, 3.63) is 46.2 Å². The van der Waals surface area contributed by atoms with E-state index < -0.39 is 0 Å². The smallest absolute Gasteiger partial charge is 0.228 e. The van der Waals surface area contributed by atoms with Crippen molar-refractivity contribution in [2.45, 2.75) is 0 Å². The van der Waals surface area contributed by atoms with Crippen molar-refractivity contribution in [1.82, 2.24) is 9.97 Å². The van der Waals surface area contributed by atoms with E-state index in [-0.39, 0.29) is 0 Å². The SMILES string of the molecule is Clc1ccc(Br)cc1-c1nc2cnccc2o1. The standard InChI is InChI=1S/C12H6BrClN2O/c13-7-1-2-9(14)8(5-7)12-16-10-6-15-4-3-11(10)17-12/h1-6H. The van der Waals surface area contributed by atoms with Gasteiger partial charge in [0.1, 0.15) is 5.52 Å². The van der Waals surface area contributed by atoms with Crippen molar-refractivity contribution < 1.29 is 4.42 Å². The molecule has 0 atom stereocenters. The van der Waals surface area contributed by atoms with Crippen LogP contribution in [0.25, 0.3) is 22.6 Å². The van der Waals surface area contributed by atoms with Gasteiger partial charge in [-0.3, -0.25) is 4.98 Å². The van der Waals surface area contributed by atoms with Crippen molar-refractivity contribution >= 4 is 38.6 Å². The van der Waals surface area contributed by atoms with E-state index in [1.54, 1.807) is 24.5 Å². The number of benzene rings is 1. The average molecular weight is 310 g/mol. The number of aromatic nitrogens is 2. The second-order valence-electron chi connectivity index (χ2n) is 3.49. The van der Waals surface area contributed by atoms with Crippen LogP contribution in [-0.4, -0.2) is 9.97 Å². The lowest BCUT2D eigenvalue weighted by molar-refractivity contribution is 0.619. The molecular formula is C12H6BrClN2O. The Morgan fingerprint density at radius 3 is 2.94 bits per heavy atom. The van der Waals surface area contributed by atoms with Crippen LogP contribution >= 0.6 is 27.5 Å². The minimum Gasteiger partial charge on any atom is -0.436 e. The molecule has 3 nitrogen and oxygen atoms in total. The number of oxazole rings is 1. The number of fused-ring (bicyclic) bond motifs is 1. The second-order valence-corrected chi connectivity index (χ2v) is 4.81. The van der Waals surface area contributed by atoms with Crippen molar-refractivity contribution in [1.29, 1.82) is 0 Å². The van der Waals surface area contributed by atoms with Crippen LogP contribution in [0, 0.1) is 0 Å². The van der Waals surface area contributed by atoms with Gasteiger partial charge in [-0.05, 0) is 18.2 Å². The highest BCUT2D eigenvalue weighted by atomic mass is 79.9. The molecule has 0 radical (unpaired) electrons. The van der Waals surface area contributed by atoms with E-state index in [1.807, 2.05) is 12.1 Å². The average Bonchev–Trinajstić information content (AvgIpc) is 2.75. The minimum absolute atomic E-state index is 0.499. The van der Waals surface area contributed by atoms with Crippen molar-refractivity contribution in [3.63, 3.8) is 0 Å². The summed E-state index contributed by atoms with van der Waals surface area (Å²) in [6.45, 7) is 0. The summed E-state index contributed by atoms with van der Waals surface area (Å²) in [5, 5.41) is 0.604. The number of rotatable bonds is 1. The van der Waals surface area contributed by atoms with Crippen LogP contribution in [0.15, 0.2) is 45.5 Å². The van der Waals surface area contributed by atoms with E-state index in [1.165, 1.54) is 0 Å². The fourth-order valence-corrected chi connectivity index (χ4v) is 2.12. The highest BCUT2D eigenvalue weighted by Gasteiger charge is 2.11. The monoisotopic (exact) mass is 308 g/mol. The van der Waals surface area contributed by atoms with E-state index in [4.69, 9.17) is 16.0 Å². The van der Waals surface area contributed by atoms with Crippen LogP contribution in [-0.2, 0) is 0 Å². The molecule has 0 fully saturated rings. The van der Waals surface area contributed by atoms with Gasteiger partial charge < -0.3 is 4.42 Å². The Morgan fingerprint density at radius 1 is 1.24 bits per heavy atom. The number of hydrogen-bond donors (Lipinski definition) is 0. The molecule has 5 heteroatoms. The predicted octanol–water partition coefficient (Wildman–Crippen LogP) is 4.31. The lowest BCUT2D eigenvalue weighted by atomic mass is 10.2. The summed E-state index contributed by atoms with van der Waals surface area (Å²) in [7, 11) is 0. The van der Waals surface area contributed by atoms with E-state index in [2.05, 4.69) is 25.9 Å². The minimum atomic E-state index is 0.499. The first kappa shape index (κ1) is 10.7. The first-order valence-corrected chi connectivity index (χ1v) is 6.07. The van der Waals surface area contributed by atoms with E-state index >= 15 is 0 Å². The number of pyridine rings is 1. The molecule has 0 saturated carbocycles. The molecule has 2 aromatic heterocycles. The molecule has 0 aliphatic rings. The molecule has 0 aliphatic heterocycles. The predicted molar refractivity (Wildman–Crippen MR) is 70.0 cm³/mol. The summed E-state index contributed by atoms with van der Waals surface area (Å²) in [5.41, 5.74) is 2.18. The molecule has 84 valence electrons. The molecule has 1 aromatic carbocycles. The van der Waals surface area contributed by atoms with Gasteiger partial charge in [0.05, 0.1) is 16.8 Å². The van der Waals surface area contributed by atoms with Gasteiger partial charge in [0.25, 0.3) is 0 Å². The fourth-order valence-electron chi connectivity index (χ4n) is 1.56. The summed E-state index contributed by atoms with van der Waals surface area (Å²) in [6.07, 6.45) is 3.33. The van der Waals surface area contributed by atoms with Crippen molar-refractivity contribution in [3.8, 4) is 11.5 Å². The second kappa shape index (κ2) is 4.13. The summed E-state index contributed by atoms with van der Waals surface area (Å²) >= 11 is 9.52. The van der Waals surface area contributed by atoms with Gasteiger partial charge in [-0.15, -0.1) is 0 Å². The normalized spacial score (nSPS) is 10.9. The van der Waals surface area contributed by atoms with Gasteiger partial charge in [0.2, 0.25) is 5.89 Å². The van der Waals surface area contributed by atoms with Crippen molar-refractivity contribution in [2.75, 3.05) is 0 Å². The zero-order valence-corrected chi connectivity index (χ0v) is 10.9. The van der Waals surface area contributed by atoms with Crippen LogP contribution in [0.4, 0.5) is 0 Å². The van der Waals surface area contributed by atoms with Gasteiger partial charge in [0.15, 0.2) is 5.58 Å². The van der Waals surface area contributed by atoms with Crippen LogP contribution < -0.4 is 0 Å². The van der Waals surface area contributed by atoms with Crippen LogP contribution in [0.2, 0.25) is 5.02 Å². The number of hydrogen-bond acceptors (Lipinski definition) is 3. The topological polar surface area (TPSA) is 38.9 Å². The lowest BCUT2D eigenvalue weighted by Gasteiger charge is -1.99. The molecule has 0 unspecified atom stereocenters. The van der Waals surface area contributed by atoms with Gasteiger partial charge >= 0.3 is 0 Å². The van der Waals surface area contributed by atoms with Crippen LogP contribution in [0.5, 0.6) is 0 Å². The summed E-state index contributed by atoms with van der Waals surface area (Å²) in [5.74, 6) is 0.499. The quantitative estimate of drug-likeness (QED) is 0.672. The largest absolute Gasteiger partial charge is 0.436 e. The lowest BCUT2D eigenvalue weighted by Crippen LogP contribution is -1.79. The van der Waals surface area contributed by atoms with E-state index in [0.717, 1.165) is 15.6 Å². The highest BCUT2D eigenvalue weighted by molar-refractivity contribution is 9.10. The zero-order chi connectivity index (χ0) is 11.8. The Hall–Kier alpha value is -1.39. The molecule has 3 aromatic rings. The molecule has 0 saturated heterocycles. The number of halogens is 2. The summed E-state index contributed by atoms with van der Waals surface area (Å²) < 4.78 is 6.56. The molecule has 17 heavy (non-hydrogen) atoms. The summed E-state index contributed by atoms with van der Waals surface area (Å²) in [4.78, 5) is 8.35. The first-order valence-electron chi connectivity index (χ1n) is 4.90. The number of nitrogens with zero attached hydrogens (tertiary/aromatic N) is 2. The maximum absolute atomic E-state index is 6.12. The zero-order valence-electron chi connectivity index (χ0n) is 8.52. The van der Waals surface area contributed by atoms with Gasteiger partial charge in [-0.25, -0.2) is 4.98 Å². The Labute approximate surface area is 111 Å². The molecule has 0 aliphatic carbocycles. The van der Waals surface area contributed by atoms with Gasteiger partial charge in [0, 0.05) is 16.7 Å². The third-order valence-electron chi connectivity index (χ3n) is 2.35. The maximum atomic E-state index is 6.12. The van der Waals surface area contributed by atoms with Gasteiger partial charge in [-0.2, -0.15) is 0 Å². The Bertz CT molecular complexity index is 663. The molecule has 0 amide bonds. The molecule has 0 bridgehead atoms. The Balaban J connectivity index is 2.23. The first-order chi connectivity index (χ1) is 8.24. The summed E-state index contributed by atoms with van der Waals surface area (Å²) in [6, 6.07) is 7.32. The molecule has 0 N–H and O–H groups in total. The van der Waals surface area contributed by atoms with Crippen LogP contribution in [0.1, 0.15) is 0 Å². The third-order valence-corrected chi connectivity index (χ3v) is 3.17. The Morgan fingerprint density at radius 2 is 2.12 bits per heavy atom. The molecule has 3 rings (SSSR count). The Kier molecular flexibility index (Phi) is 2.61. The van der Waals surface area contributed by atoms with Crippen molar-refractivity contribution in [2.24, 2.45) is 0 Å². The van der Waals surface area contributed by atoms with Gasteiger partial charge in [-0.1, -0.05) is 27.5 Å². The molecule has 0 spiro atoms. The fraction of sp³-hybridized carbons (Fsp3) is 0. The van der Waals surface area contributed by atoms with E-state index in [0.29, 0.717) is 16.5 Å². The maximum Gasteiger partial charge on any atom is 0.228 e. The van der Waals surface area contributed by atoms with E-state index in [9.17, 15) is 0 Å². The molecular weight excluding hydrogens is 304 g/mol.